The van der Waals surface area contributed by atoms with Gasteiger partial charge in [0.05, 0.1) is 0 Å². The standard InChI is InChI=1S/C13H21NO/c15-13(14-6-2-1-3-7-14)12-9-10-4-5-11(12)8-10/h10-12H,1-9H2/t10-,11-,12-/m0/s1. The van der Waals surface area contributed by atoms with E-state index >= 15 is 0 Å². The molecule has 2 bridgehead atoms. The maximum Gasteiger partial charge on any atom is 0.225 e. The van der Waals surface area contributed by atoms with Gasteiger partial charge in [-0.2, -0.15) is 0 Å². The van der Waals surface area contributed by atoms with Crippen molar-refractivity contribution in [2.24, 2.45) is 17.8 Å². The van der Waals surface area contributed by atoms with E-state index in [4.69, 9.17) is 0 Å². The highest BCUT2D eigenvalue weighted by Crippen LogP contribution is 2.48. The van der Waals surface area contributed by atoms with Gasteiger partial charge in [-0.05, 0) is 50.4 Å². The molecular weight excluding hydrogens is 186 g/mol. The molecule has 2 nitrogen and oxygen atoms in total. The molecule has 3 rings (SSSR count). The van der Waals surface area contributed by atoms with E-state index in [-0.39, 0.29) is 0 Å². The van der Waals surface area contributed by atoms with E-state index < -0.39 is 0 Å². The summed E-state index contributed by atoms with van der Waals surface area (Å²) in [6.07, 6.45) is 9.06. The Balaban J connectivity index is 1.64. The van der Waals surface area contributed by atoms with Gasteiger partial charge in [-0.15, -0.1) is 0 Å². The van der Waals surface area contributed by atoms with E-state index in [9.17, 15) is 4.79 Å². The SMILES string of the molecule is O=C([C@H]1C[C@H]2CC[C@H]1C2)N1CCCCC1. The smallest absolute Gasteiger partial charge is 0.225 e. The summed E-state index contributed by atoms with van der Waals surface area (Å²) in [5.74, 6) is 2.57. The lowest BCUT2D eigenvalue weighted by atomic mass is 9.87. The van der Waals surface area contributed by atoms with Crippen molar-refractivity contribution in [1.29, 1.82) is 0 Å². The maximum absolute atomic E-state index is 12.3. The molecule has 0 unspecified atom stereocenters. The van der Waals surface area contributed by atoms with Gasteiger partial charge < -0.3 is 4.90 Å². The van der Waals surface area contributed by atoms with Gasteiger partial charge >= 0.3 is 0 Å². The fourth-order valence-corrected chi connectivity index (χ4v) is 3.90. The van der Waals surface area contributed by atoms with Crippen LogP contribution in [0.3, 0.4) is 0 Å². The molecule has 0 N–H and O–H groups in total. The molecule has 0 aromatic carbocycles. The molecule has 1 aliphatic heterocycles. The topological polar surface area (TPSA) is 20.3 Å². The minimum absolute atomic E-state index is 0.418. The van der Waals surface area contributed by atoms with Crippen LogP contribution in [-0.2, 0) is 4.79 Å². The van der Waals surface area contributed by atoms with Crippen LogP contribution in [0, 0.1) is 17.8 Å². The van der Waals surface area contributed by atoms with E-state index in [1.165, 1.54) is 44.9 Å². The van der Waals surface area contributed by atoms with Gasteiger partial charge in [0.25, 0.3) is 0 Å². The number of fused-ring (bicyclic) bond motifs is 2. The Morgan fingerprint density at radius 2 is 1.80 bits per heavy atom. The zero-order valence-electron chi connectivity index (χ0n) is 9.45. The molecule has 1 amide bonds. The van der Waals surface area contributed by atoms with E-state index in [0.717, 1.165) is 24.9 Å². The molecule has 3 aliphatic rings. The lowest BCUT2D eigenvalue weighted by molar-refractivity contribution is -0.138. The molecule has 1 saturated heterocycles. The number of hydrogen-bond donors (Lipinski definition) is 0. The lowest BCUT2D eigenvalue weighted by Crippen LogP contribution is -2.41. The molecule has 2 aliphatic carbocycles. The largest absolute Gasteiger partial charge is 0.342 e. The van der Waals surface area contributed by atoms with Crippen LogP contribution in [0.15, 0.2) is 0 Å². The second-order valence-electron chi connectivity index (χ2n) is 5.67. The molecule has 0 aromatic heterocycles. The Labute approximate surface area is 92.0 Å². The molecule has 1 heterocycles. The number of nitrogens with zero attached hydrogens (tertiary/aromatic N) is 1. The normalized spacial score (nSPS) is 39.7. The number of piperidine rings is 1. The average molecular weight is 207 g/mol. The predicted molar refractivity (Wildman–Crippen MR) is 59.4 cm³/mol. The van der Waals surface area contributed by atoms with Crippen LogP contribution in [0.4, 0.5) is 0 Å². The third-order valence-electron chi connectivity index (χ3n) is 4.72. The predicted octanol–water partition coefficient (Wildman–Crippen LogP) is 2.44. The number of rotatable bonds is 1. The fourth-order valence-electron chi connectivity index (χ4n) is 3.90. The molecule has 15 heavy (non-hydrogen) atoms. The Hall–Kier alpha value is -0.530. The molecule has 2 saturated carbocycles. The minimum atomic E-state index is 0.418. The summed E-state index contributed by atoms with van der Waals surface area (Å²) in [6, 6.07) is 0. The Morgan fingerprint density at radius 1 is 1.00 bits per heavy atom. The zero-order chi connectivity index (χ0) is 10.3. The molecule has 0 spiro atoms. The third-order valence-corrected chi connectivity index (χ3v) is 4.72. The number of amides is 1. The van der Waals surface area contributed by atoms with E-state index in [1.54, 1.807) is 0 Å². The number of likely N-dealkylation sites (tertiary alicyclic amines) is 1. The first-order valence-corrected chi connectivity index (χ1v) is 6.63. The number of carbonyl (C=O) groups excluding carboxylic acids is 1. The van der Waals surface area contributed by atoms with Crippen molar-refractivity contribution >= 4 is 5.91 Å². The van der Waals surface area contributed by atoms with Crippen molar-refractivity contribution in [2.75, 3.05) is 13.1 Å². The lowest BCUT2D eigenvalue weighted by Gasteiger charge is -2.32. The first kappa shape index (κ1) is 9.68. The summed E-state index contributed by atoms with van der Waals surface area (Å²) in [5, 5.41) is 0. The quantitative estimate of drug-likeness (QED) is 0.646. The van der Waals surface area contributed by atoms with Crippen LogP contribution in [0.2, 0.25) is 0 Å². The van der Waals surface area contributed by atoms with Crippen LogP contribution in [0.25, 0.3) is 0 Å². The summed E-state index contributed by atoms with van der Waals surface area (Å²) in [7, 11) is 0. The first-order chi connectivity index (χ1) is 7.34. The van der Waals surface area contributed by atoms with Crippen molar-refractivity contribution < 1.29 is 4.79 Å². The summed E-state index contributed by atoms with van der Waals surface area (Å²) in [6.45, 7) is 2.07. The van der Waals surface area contributed by atoms with Gasteiger partial charge in [-0.1, -0.05) is 6.42 Å². The molecule has 0 radical (unpaired) electrons. The van der Waals surface area contributed by atoms with Crippen molar-refractivity contribution in [3.63, 3.8) is 0 Å². The van der Waals surface area contributed by atoms with Crippen molar-refractivity contribution in [2.45, 2.75) is 44.9 Å². The molecular formula is C13H21NO. The van der Waals surface area contributed by atoms with E-state index in [0.29, 0.717) is 11.8 Å². The number of carbonyl (C=O) groups is 1. The third kappa shape index (κ3) is 1.68. The summed E-state index contributed by atoms with van der Waals surface area (Å²) in [5.41, 5.74) is 0. The highest BCUT2D eigenvalue weighted by Gasteiger charge is 2.44. The molecule has 2 heteroatoms. The second kappa shape index (κ2) is 3.80. The van der Waals surface area contributed by atoms with Gasteiger partial charge in [-0.3, -0.25) is 4.79 Å². The zero-order valence-corrected chi connectivity index (χ0v) is 9.45. The Bertz CT molecular complexity index is 257. The molecule has 3 atom stereocenters. The summed E-state index contributed by atoms with van der Waals surface area (Å²) in [4.78, 5) is 14.5. The van der Waals surface area contributed by atoms with E-state index in [2.05, 4.69) is 4.90 Å². The maximum atomic E-state index is 12.3. The van der Waals surface area contributed by atoms with Crippen LogP contribution in [-0.4, -0.2) is 23.9 Å². The van der Waals surface area contributed by atoms with Gasteiger partial charge in [0.15, 0.2) is 0 Å². The minimum Gasteiger partial charge on any atom is -0.342 e. The summed E-state index contributed by atoms with van der Waals surface area (Å²) < 4.78 is 0. The second-order valence-corrected chi connectivity index (χ2v) is 5.67. The molecule has 0 aromatic rings. The monoisotopic (exact) mass is 207 g/mol. The molecule has 84 valence electrons. The average Bonchev–Trinajstić information content (AvgIpc) is 2.91. The first-order valence-electron chi connectivity index (χ1n) is 6.63. The molecule has 3 fully saturated rings. The van der Waals surface area contributed by atoms with Gasteiger partial charge in [0, 0.05) is 19.0 Å². The Kier molecular flexibility index (Phi) is 2.45. The van der Waals surface area contributed by atoms with Crippen LogP contribution >= 0.6 is 0 Å². The van der Waals surface area contributed by atoms with Gasteiger partial charge in [0.2, 0.25) is 5.91 Å². The van der Waals surface area contributed by atoms with E-state index in [1.807, 2.05) is 0 Å². The van der Waals surface area contributed by atoms with Crippen molar-refractivity contribution in [3.8, 4) is 0 Å². The van der Waals surface area contributed by atoms with Gasteiger partial charge in [0.1, 0.15) is 0 Å². The Morgan fingerprint density at radius 3 is 2.40 bits per heavy atom. The van der Waals surface area contributed by atoms with Crippen LogP contribution in [0.1, 0.15) is 44.9 Å². The summed E-state index contributed by atoms with van der Waals surface area (Å²) >= 11 is 0. The number of hydrogen-bond acceptors (Lipinski definition) is 1. The van der Waals surface area contributed by atoms with Gasteiger partial charge in [-0.25, -0.2) is 0 Å². The van der Waals surface area contributed by atoms with Crippen LogP contribution < -0.4 is 0 Å². The fraction of sp³-hybridized carbons (Fsp3) is 0.923. The van der Waals surface area contributed by atoms with Crippen molar-refractivity contribution in [3.05, 3.63) is 0 Å². The highest BCUT2D eigenvalue weighted by atomic mass is 16.2. The van der Waals surface area contributed by atoms with Crippen molar-refractivity contribution in [1.82, 2.24) is 4.90 Å². The highest BCUT2D eigenvalue weighted by molar-refractivity contribution is 5.79. The van der Waals surface area contributed by atoms with Crippen LogP contribution in [0.5, 0.6) is 0 Å².